The highest BCUT2D eigenvalue weighted by atomic mass is 19.3. The van der Waals surface area contributed by atoms with Crippen LogP contribution in [0.2, 0.25) is 0 Å². The number of benzene rings is 1. The van der Waals surface area contributed by atoms with E-state index in [1.807, 2.05) is 11.8 Å². The molecule has 4 nitrogen and oxygen atoms in total. The predicted molar refractivity (Wildman–Crippen MR) is 94.0 cm³/mol. The molecule has 0 aliphatic heterocycles. The number of hydrogen-bond donors (Lipinski definition) is 1. The number of nitrogens with zero attached hydrogens (tertiary/aromatic N) is 1. The van der Waals surface area contributed by atoms with Crippen molar-refractivity contribution < 1.29 is 18.3 Å². The summed E-state index contributed by atoms with van der Waals surface area (Å²) in [6, 6.07) is 4.98. The van der Waals surface area contributed by atoms with Gasteiger partial charge in [0.1, 0.15) is 5.75 Å². The van der Waals surface area contributed by atoms with Gasteiger partial charge in [-0.25, -0.2) is 4.79 Å². The lowest BCUT2D eigenvalue weighted by Gasteiger charge is -2.34. The van der Waals surface area contributed by atoms with Crippen LogP contribution in [0.25, 0.3) is 0 Å². The van der Waals surface area contributed by atoms with E-state index in [0.717, 1.165) is 30.4 Å². The lowest BCUT2D eigenvalue weighted by molar-refractivity contribution is -0.0499. The Balaban J connectivity index is 2.13. The van der Waals surface area contributed by atoms with Gasteiger partial charge in [-0.05, 0) is 62.3 Å². The van der Waals surface area contributed by atoms with Crippen LogP contribution in [0.15, 0.2) is 18.2 Å². The second-order valence-electron chi connectivity index (χ2n) is 6.90. The Labute approximate surface area is 148 Å². The van der Waals surface area contributed by atoms with Crippen molar-refractivity contribution in [2.45, 2.75) is 65.7 Å². The molecule has 0 heterocycles. The lowest BCUT2D eigenvalue weighted by Crippen LogP contribution is -2.48. The summed E-state index contributed by atoms with van der Waals surface area (Å²) in [5, 5.41) is 3.12. The van der Waals surface area contributed by atoms with E-state index < -0.39 is 6.61 Å². The van der Waals surface area contributed by atoms with Crippen molar-refractivity contribution >= 4 is 6.03 Å². The van der Waals surface area contributed by atoms with Gasteiger partial charge in [-0.3, -0.25) is 0 Å². The van der Waals surface area contributed by atoms with Crippen LogP contribution < -0.4 is 10.1 Å². The molecule has 1 aliphatic carbocycles. The number of carbonyl (C=O) groups excluding carboxylic acids is 1. The Hall–Kier alpha value is -1.85. The monoisotopic (exact) mass is 354 g/mol. The maximum absolute atomic E-state index is 12.7. The average molecular weight is 354 g/mol. The number of amides is 2. The number of rotatable bonds is 6. The maximum Gasteiger partial charge on any atom is 0.387 e. The molecule has 0 saturated heterocycles. The summed E-state index contributed by atoms with van der Waals surface area (Å²) in [6.45, 7) is 6.04. The summed E-state index contributed by atoms with van der Waals surface area (Å²) in [7, 11) is 0. The molecule has 1 aromatic rings. The third kappa shape index (κ3) is 4.83. The Bertz CT molecular complexity index is 593. The molecule has 0 saturated carbocycles. The molecule has 1 aromatic carbocycles. The first-order chi connectivity index (χ1) is 11.8. The van der Waals surface area contributed by atoms with Crippen molar-refractivity contribution in [1.82, 2.24) is 10.2 Å². The summed E-state index contributed by atoms with van der Waals surface area (Å²) in [6.07, 6.45) is 2.56. The number of urea groups is 1. The zero-order valence-corrected chi connectivity index (χ0v) is 15.4. The molecule has 0 aromatic heterocycles. The summed E-state index contributed by atoms with van der Waals surface area (Å²) in [4.78, 5) is 14.5. The van der Waals surface area contributed by atoms with Crippen LogP contribution in [0, 0.1) is 5.92 Å². The number of alkyl halides is 2. The molecule has 1 N–H and O–H groups in total. The summed E-state index contributed by atoms with van der Waals surface area (Å²) >= 11 is 0. The first-order valence-electron chi connectivity index (χ1n) is 8.98. The molecule has 2 rings (SSSR count). The van der Waals surface area contributed by atoms with Crippen molar-refractivity contribution in [3.05, 3.63) is 29.3 Å². The topological polar surface area (TPSA) is 41.6 Å². The van der Waals surface area contributed by atoms with Gasteiger partial charge in [0.15, 0.2) is 0 Å². The fourth-order valence-electron chi connectivity index (χ4n) is 3.33. The minimum atomic E-state index is -2.83. The fraction of sp³-hybridized carbons (Fsp3) is 0.632. The van der Waals surface area contributed by atoms with Crippen molar-refractivity contribution in [2.75, 3.05) is 6.54 Å². The second-order valence-corrected chi connectivity index (χ2v) is 6.90. The first-order valence-corrected chi connectivity index (χ1v) is 8.98. The normalized spacial score (nSPS) is 18.0. The molecule has 0 fully saturated rings. The van der Waals surface area contributed by atoms with Gasteiger partial charge in [0, 0.05) is 12.6 Å². The first kappa shape index (κ1) is 19.5. The van der Waals surface area contributed by atoms with E-state index in [2.05, 4.69) is 30.8 Å². The number of ether oxygens (including phenoxy) is 1. The van der Waals surface area contributed by atoms with Crippen LogP contribution >= 0.6 is 0 Å². The Morgan fingerprint density at radius 2 is 2.08 bits per heavy atom. The SMILES string of the molecule is CCN(C(=O)N[C@H]1CCCc2cc(OC(F)F)ccc21)[C@@H](C)C(C)C. The zero-order chi connectivity index (χ0) is 18.6. The maximum atomic E-state index is 12.7. The molecule has 2 amide bonds. The minimum absolute atomic E-state index is 0.0746. The molecule has 0 unspecified atom stereocenters. The average Bonchev–Trinajstić information content (AvgIpc) is 2.54. The van der Waals surface area contributed by atoms with Crippen LogP contribution in [-0.2, 0) is 6.42 Å². The quantitative estimate of drug-likeness (QED) is 0.801. The molecule has 6 heteroatoms. The molecular weight excluding hydrogens is 326 g/mol. The number of hydrogen-bond acceptors (Lipinski definition) is 2. The zero-order valence-electron chi connectivity index (χ0n) is 15.4. The van der Waals surface area contributed by atoms with E-state index in [-0.39, 0.29) is 23.9 Å². The Morgan fingerprint density at radius 3 is 2.68 bits per heavy atom. The highest BCUT2D eigenvalue weighted by molar-refractivity contribution is 5.75. The van der Waals surface area contributed by atoms with Crippen LogP contribution in [-0.4, -0.2) is 30.1 Å². The third-order valence-corrected chi connectivity index (χ3v) is 5.01. The van der Waals surface area contributed by atoms with E-state index in [1.54, 1.807) is 18.2 Å². The highest BCUT2D eigenvalue weighted by Gasteiger charge is 2.27. The summed E-state index contributed by atoms with van der Waals surface area (Å²) in [5.74, 6) is 0.544. The van der Waals surface area contributed by atoms with Crippen LogP contribution in [0.1, 0.15) is 57.7 Å². The van der Waals surface area contributed by atoms with E-state index in [4.69, 9.17) is 0 Å². The number of nitrogens with one attached hydrogen (secondary N) is 1. The number of aryl methyl sites for hydroxylation is 1. The third-order valence-electron chi connectivity index (χ3n) is 5.01. The minimum Gasteiger partial charge on any atom is -0.435 e. The predicted octanol–water partition coefficient (Wildman–Crippen LogP) is 4.74. The van der Waals surface area contributed by atoms with Crippen molar-refractivity contribution in [2.24, 2.45) is 5.92 Å². The van der Waals surface area contributed by atoms with Gasteiger partial charge in [-0.1, -0.05) is 19.9 Å². The summed E-state index contributed by atoms with van der Waals surface area (Å²) < 4.78 is 29.3. The van der Waals surface area contributed by atoms with Crippen LogP contribution in [0.3, 0.4) is 0 Å². The van der Waals surface area contributed by atoms with E-state index in [0.29, 0.717) is 12.5 Å². The largest absolute Gasteiger partial charge is 0.435 e. The molecule has 2 atom stereocenters. The number of carbonyl (C=O) groups is 1. The molecule has 25 heavy (non-hydrogen) atoms. The fourth-order valence-corrected chi connectivity index (χ4v) is 3.33. The molecule has 1 aliphatic rings. The van der Waals surface area contributed by atoms with Crippen molar-refractivity contribution in [3.8, 4) is 5.75 Å². The van der Waals surface area contributed by atoms with E-state index >= 15 is 0 Å². The van der Waals surface area contributed by atoms with Gasteiger partial charge >= 0.3 is 12.6 Å². The number of fused-ring (bicyclic) bond motifs is 1. The standard InChI is InChI=1S/C19H28F2N2O2/c1-5-23(13(4)12(2)3)19(24)22-17-8-6-7-14-11-15(25-18(20)21)9-10-16(14)17/h9-13,17-18H,5-8H2,1-4H3,(H,22,24)/t13-,17-/m0/s1. The smallest absolute Gasteiger partial charge is 0.387 e. The molecule has 140 valence electrons. The van der Waals surface area contributed by atoms with Gasteiger partial charge in [0.25, 0.3) is 0 Å². The molecule has 0 bridgehead atoms. The Morgan fingerprint density at radius 1 is 1.36 bits per heavy atom. The molecule has 0 radical (unpaired) electrons. The van der Waals surface area contributed by atoms with Gasteiger partial charge < -0.3 is 15.0 Å². The molecular formula is C19H28F2N2O2. The van der Waals surface area contributed by atoms with E-state index in [9.17, 15) is 13.6 Å². The molecule has 0 spiro atoms. The highest BCUT2D eigenvalue weighted by Crippen LogP contribution is 2.33. The van der Waals surface area contributed by atoms with Gasteiger partial charge in [-0.15, -0.1) is 0 Å². The van der Waals surface area contributed by atoms with Gasteiger partial charge in [0.05, 0.1) is 6.04 Å². The van der Waals surface area contributed by atoms with Crippen LogP contribution in [0.5, 0.6) is 5.75 Å². The Kier molecular flexibility index (Phi) is 6.62. The van der Waals surface area contributed by atoms with Crippen LogP contribution in [0.4, 0.5) is 13.6 Å². The van der Waals surface area contributed by atoms with E-state index in [1.165, 1.54) is 0 Å². The lowest BCUT2D eigenvalue weighted by atomic mass is 9.87. The number of halogens is 2. The van der Waals surface area contributed by atoms with Crippen molar-refractivity contribution in [3.63, 3.8) is 0 Å². The van der Waals surface area contributed by atoms with Gasteiger partial charge in [0.2, 0.25) is 0 Å². The van der Waals surface area contributed by atoms with Gasteiger partial charge in [-0.2, -0.15) is 8.78 Å². The second kappa shape index (κ2) is 8.50. The van der Waals surface area contributed by atoms with Crippen molar-refractivity contribution in [1.29, 1.82) is 0 Å². The summed E-state index contributed by atoms with van der Waals surface area (Å²) in [5.41, 5.74) is 1.96.